The monoisotopic (exact) mass is 316 g/mol. The Bertz CT molecular complexity index is 210. The standard InChI is InChI=1S/C10H19NO2.C3H9N.2ClH/c1-9(2)10(12)13-8-6-4-3-5-7-11;1-4(2)3;;/h1,3-8,11H2,2H3;1-3H3;2*1H. The summed E-state index contributed by atoms with van der Waals surface area (Å²) in [6.07, 6.45) is 4.15. The van der Waals surface area contributed by atoms with E-state index in [4.69, 9.17) is 10.5 Å². The second kappa shape index (κ2) is 20.0. The van der Waals surface area contributed by atoms with Crippen molar-refractivity contribution in [1.82, 2.24) is 4.90 Å². The lowest BCUT2D eigenvalue weighted by Crippen LogP contribution is -2.06. The summed E-state index contributed by atoms with van der Waals surface area (Å²) in [4.78, 5) is 12.9. The van der Waals surface area contributed by atoms with Gasteiger partial charge in [-0.2, -0.15) is 0 Å². The molecule has 0 rings (SSSR count). The fourth-order valence-corrected chi connectivity index (χ4v) is 0.888. The van der Waals surface area contributed by atoms with Crippen LogP contribution < -0.4 is 5.73 Å². The van der Waals surface area contributed by atoms with Crippen molar-refractivity contribution in [3.63, 3.8) is 0 Å². The molecule has 0 aliphatic carbocycles. The number of hydrogen-bond donors (Lipinski definition) is 1. The van der Waals surface area contributed by atoms with Gasteiger partial charge in [-0.25, -0.2) is 4.79 Å². The summed E-state index contributed by atoms with van der Waals surface area (Å²) in [7, 11) is 6.00. The Kier molecular flexibility index (Phi) is 28.6. The average molecular weight is 317 g/mol. The van der Waals surface area contributed by atoms with Gasteiger partial charge in [-0.3, -0.25) is 0 Å². The van der Waals surface area contributed by atoms with Crippen molar-refractivity contribution < 1.29 is 9.53 Å². The van der Waals surface area contributed by atoms with E-state index in [0.29, 0.717) is 12.2 Å². The summed E-state index contributed by atoms with van der Waals surface area (Å²) in [5.74, 6) is -0.293. The Balaban J connectivity index is -0.000000165. The molecular weight excluding hydrogens is 287 g/mol. The Morgan fingerprint density at radius 3 is 1.89 bits per heavy atom. The average Bonchev–Trinajstić information content (AvgIpc) is 2.21. The number of ether oxygens (including phenoxy) is 1. The first-order chi connectivity index (χ1) is 7.91. The molecule has 0 atom stereocenters. The molecule has 0 aromatic carbocycles. The normalized spacial score (nSPS) is 8.53. The minimum absolute atomic E-state index is 0. The molecule has 0 aromatic rings. The van der Waals surface area contributed by atoms with Crippen molar-refractivity contribution in [3.8, 4) is 0 Å². The molecule has 0 fully saturated rings. The fraction of sp³-hybridized carbons (Fsp3) is 0.769. The van der Waals surface area contributed by atoms with Gasteiger partial charge in [0.1, 0.15) is 0 Å². The van der Waals surface area contributed by atoms with Crippen LogP contribution in [-0.2, 0) is 9.53 Å². The number of nitrogens with two attached hydrogens (primary N) is 1. The molecule has 4 nitrogen and oxygen atoms in total. The fourth-order valence-electron chi connectivity index (χ4n) is 0.888. The summed E-state index contributed by atoms with van der Waals surface area (Å²) in [5.41, 5.74) is 5.79. The number of nitrogens with zero attached hydrogens (tertiary/aromatic N) is 1. The predicted octanol–water partition coefficient (Wildman–Crippen LogP) is 2.65. The Morgan fingerprint density at radius 1 is 1.11 bits per heavy atom. The highest BCUT2D eigenvalue weighted by molar-refractivity contribution is 5.86. The second-order valence-corrected chi connectivity index (χ2v) is 4.46. The highest BCUT2D eigenvalue weighted by atomic mass is 35.5. The Hall–Kier alpha value is -0.290. The molecule has 0 saturated carbocycles. The van der Waals surface area contributed by atoms with Gasteiger partial charge >= 0.3 is 5.97 Å². The van der Waals surface area contributed by atoms with Crippen molar-refractivity contribution in [1.29, 1.82) is 0 Å². The molecule has 0 unspecified atom stereocenters. The maximum Gasteiger partial charge on any atom is 0.333 e. The number of hydrogen-bond acceptors (Lipinski definition) is 4. The van der Waals surface area contributed by atoms with E-state index in [0.717, 1.165) is 32.2 Å². The third-order valence-electron chi connectivity index (χ3n) is 1.68. The van der Waals surface area contributed by atoms with Gasteiger partial charge in [-0.05, 0) is 47.5 Å². The van der Waals surface area contributed by atoms with E-state index in [1.165, 1.54) is 0 Å². The van der Waals surface area contributed by atoms with E-state index < -0.39 is 0 Å². The largest absolute Gasteiger partial charge is 0.462 e. The van der Waals surface area contributed by atoms with Gasteiger partial charge in [0.2, 0.25) is 0 Å². The van der Waals surface area contributed by atoms with Gasteiger partial charge in [0, 0.05) is 5.57 Å². The number of halogens is 2. The van der Waals surface area contributed by atoms with Crippen molar-refractivity contribution in [2.45, 2.75) is 32.6 Å². The van der Waals surface area contributed by atoms with Crippen molar-refractivity contribution in [3.05, 3.63) is 12.2 Å². The first-order valence-corrected chi connectivity index (χ1v) is 6.05. The van der Waals surface area contributed by atoms with E-state index >= 15 is 0 Å². The van der Waals surface area contributed by atoms with Gasteiger partial charge in [0.05, 0.1) is 6.61 Å². The minimum atomic E-state index is -0.293. The number of carbonyl (C=O) groups is 1. The number of unbranched alkanes of at least 4 members (excludes halogenated alkanes) is 3. The Labute approximate surface area is 130 Å². The third-order valence-corrected chi connectivity index (χ3v) is 1.68. The number of carbonyl (C=O) groups excluding carboxylic acids is 1. The molecule has 0 aliphatic rings. The highest BCUT2D eigenvalue weighted by Crippen LogP contribution is 2.00. The van der Waals surface area contributed by atoms with Crippen LogP contribution in [0.4, 0.5) is 0 Å². The van der Waals surface area contributed by atoms with Crippen LogP contribution in [0, 0.1) is 0 Å². The van der Waals surface area contributed by atoms with Gasteiger partial charge in [0.25, 0.3) is 0 Å². The van der Waals surface area contributed by atoms with E-state index in [9.17, 15) is 4.79 Å². The molecule has 0 bridgehead atoms. The minimum Gasteiger partial charge on any atom is -0.462 e. The summed E-state index contributed by atoms with van der Waals surface area (Å²) >= 11 is 0. The van der Waals surface area contributed by atoms with Crippen LogP contribution in [0.5, 0.6) is 0 Å². The van der Waals surface area contributed by atoms with Gasteiger partial charge in [-0.1, -0.05) is 19.4 Å². The topological polar surface area (TPSA) is 55.6 Å². The zero-order valence-electron chi connectivity index (χ0n) is 12.6. The third kappa shape index (κ3) is 31.9. The first kappa shape index (κ1) is 27.1. The van der Waals surface area contributed by atoms with Gasteiger partial charge in [-0.15, -0.1) is 24.8 Å². The van der Waals surface area contributed by atoms with Gasteiger partial charge in [0.15, 0.2) is 0 Å². The quantitative estimate of drug-likeness (QED) is 0.445. The zero-order chi connectivity index (χ0) is 13.7. The lowest BCUT2D eigenvalue weighted by atomic mass is 10.2. The van der Waals surface area contributed by atoms with Crippen LogP contribution in [0.25, 0.3) is 0 Å². The maximum atomic E-state index is 10.9. The van der Waals surface area contributed by atoms with Crippen LogP contribution in [0.3, 0.4) is 0 Å². The van der Waals surface area contributed by atoms with E-state index in [1.54, 1.807) is 6.92 Å². The van der Waals surface area contributed by atoms with Crippen LogP contribution in [0.2, 0.25) is 0 Å². The van der Waals surface area contributed by atoms with Crippen LogP contribution >= 0.6 is 24.8 Å². The van der Waals surface area contributed by atoms with E-state index in [2.05, 4.69) is 6.58 Å². The van der Waals surface area contributed by atoms with Crippen LogP contribution in [0.1, 0.15) is 32.6 Å². The second-order valence-electron chi connectivity index (χ2n) is 4.46. The predicted molar refractivity (Wildman–Crippen MR) is 87.4 cm³/mol. The summed E-state index contributed by atoms with van der Waals surface area (Å²) in [5, 5.41) is 0. The molecular formula is C13H30Cl2N2O2. The lowest BCUT2D eigenvalue weighted by Gasteiger charge is -2.03. The lowest BCUT2D eigenvalue weighted by molar-refractivity contribution is -0.139. The molecule has 0 spiro atoms. The molecule has 0 radical (unpaired) electrons. The maximum absolute atomic E-state index is 10.9. The van der Waals surface area contributed by atoms with Crippen molar-refractivity contribution in [2.75, 3.05) is 34.3 Å². The van der Waals surface area contributed by atoms with E-state index in [1.807, 2.05) is 26.0 Å². The molecule has 0 heterocycles. The van der Waals surface area contributed by atoms with Crippen molar-refractivity contribution in [2.24, 2.45) is 5.73 Å². The smallest absolute Gasteiger partial charge is 0.333 e. The zero-order valence-corrected chi connectivity index (χ0v) is 14.2. The highest BCUT2D eigenvalue weighted by Gasteiger charge is 2.01. The van der Waals surface area contributed by atoms with E-state index in [-0.39, 0.29) is 30.8 Å². The Morgan fingerprint density at radius 2 is 1.53 bits per heavy atom. The molecule has 0 aromatic heterocycles. The number of rotatable bonds is 7. The van der Waals surface area contributed by atoms with Crippen molar-refractivity contribution >= 4 is 30.8 Å². The van der Waals surface area contributed by atoms with Crippen LogP contribution in [-0.4, -0.2) is 45.2 Å². The molecule has 2 N–H and O–H groups in total. The summed E-state index contributed by atoms with van der Waals surface area (Å²) in [6.45, 7) is 6.38. The first-order valence-electron chi connectivity index (χ1n) is 6.05. The molecule has 0 amide bonds. The number of esters is 1. The molecule has 0 saturated heterocycles. The molecule has 6 heteroatoms. The molecule has 118 valence electrons. The summed E-state index contributed by atoms with van der Waals surface area (Å²) in [6, 6.07) is 0. The SMILES string of the molecule is C=C(C)C(=O)OCCCCCCN.CN(C)C.Cl.Cl. The molecule has 19 heavy (non-hydrogen) atoms. The summed E-state index contributed by atoms with van der Waals surface area (Å²) < 4.78 is 4.91. The van der Waals surface area contributed by atoms with Crippen LogP contribution in [0.15, 0.2) is 12.2 Å². The van der Waals surface area contributed by atoms with Gasteiger partial charge < -0.3 is 15.4 Å². The molecule has 0 aliphatic heterocycles.